The van der Waals surface area contributed by atoms with Gasteiger partial charge in [-0.15, -0.1) is 5.10 Å². The third kappa shape index (κ3) is 2.95. The molecule has 2 aromatic rings. The second kappa shape index (κ2) is 5.01. The molecular formula is C10H9ClFN5O. The van der Waals surface area contributed by atoms with Crippen LogP contribution >= 0.6 is 11.6 Å². The van der Waals surface area contributed by atoms with Crippen molar-refractivity contribution in [2.24, 2.45) is 0 Å². The van der Waals surface area contributed by atoms with Gasteiger partial charge >= 0.3 is 0 Å². The Morgan fingerprint density at radius 3 is 3.00 bits per heavy atom. The predicted molar refractivity (Wildman–Crippen MR) is 64.5 cm³/mol. The number of nitrogens with zero attached hydrogens (tertiary/aromatic N) is 3. The Hall–Kier alpha value is -2.15. The van der Waals surface area contributed by atoms with Crippen LogP contribution in [0.4, 0.5) is 16.0 Å². The second-order valence-electron chi connectivity index (χ2n) is 3.47. The molecule has 0 unspecified atom stereocenters. The molecule has 94 valence electrons. The molecule has 0 aliphatic carbocycles. The van der Waals surface area contributed by atoms with E-state index < -0.39 is 11.7 Å². The van der Waals surface area contributed by atoms with Gasteiger partial charge in [-0.3, -0.25) is 4.79 Å². The van der Waals surface area contributed by atoms with E-state index in [9.17, 15) is 9.18 Å². The molecule has 0 saturated heterocycles. The molecule has 1 aromatic carbocycles. The zero-order valence-electron chi connectivity index (χ0n) is 9.10. The van der Waals surface area contributed by atoms with Gasteiger partial charge in [0.25, 0.3) is 0 Å². The van der Waals surface area contributed by atoms with E-state index in [-0.39, 0.29) is 23.2 Å². The van der Waals surface area contributed by atoms with Crippen molar-refractivity contribution >= 4 is 29.1 Å². The summed E-state index contributed by atoms with van der Waals surface area (Å²) in [6.07, 6.45) is 1.32. The average Bonchev–Trinajstić information content (AvgIpc) is 2.69. The SMILES string of the molecule is Nc1ncn(CC(=O)Nc2cc(F)ccc2Cl)n1. The average molecular weight is 270 g/mol. The number of carbonyl (C=O) groups excluding carboxylic acids is 1. The fraction of sp³-hybridized carbons (Fsp3) is 0.100. The van der Waals surface area contributed by atoms with E-state index in [2.05, 4.69) is 15.4 Å². The van der Waals surface area contributed by atoms with Crippen LogP contribution in [-0.2, 0) is 11.3 Å². The fourth-order valence-electron chi connectivity index (χ4n) is 1.32. The predicted octanol–water partition coefficient (Wildman–Crippen LogP) is 1.29. The van der Waals surface area contributed by atoms with Crippen molar-refractivity contribution in [3.8, 4) is 0 Å². The molecule has 8 heteroatoms. The third-order valence-corrected chi connectivity index (χ3v) is 2.39. The van der Waals surface area contributed by atoms with Crippen LogP contribution in [0.25, 0.3) is 0 Å². The number of nitrogens with one attached hydrogen (secondary N) is 1. The summed E-state index contributed by atoms with van der Waals surface area (Å²) in [6.45, 7) is -0.0863. The number of anilines is 2. The minimum absolute atomic E-state index is 0.0755. The number of aromatic nitrogens is 3. The maximum absolute atomic E-state index is 13.0. The highest BCUT2D eigenvalue weighted by Gasteiger charge is 2.08. The molecule has 0 spiro atoms. The first-order chi connectivity index (χ1) is 8.54. The first-order valence-corrected chi connectivity index (χ1v) is 5.32. The quantitative estimate of drug-likeness (QED) is 0.879. The Labute approximate surface area is 107 Å². The molecule has 0 fully saturated rings. The zero-order chi connectivity index (χ0) is 13.1. The molecule has 3 N–H and O–H groups in total. The number of hydrogen-bond donors (Lipinski definition) is 2. The van der Waals surface area contributed by atoms with Crippen molar-refractivity contribution in [3.63, 3.8) is 0 Å². The fourth-order valence-corrected chi connectivity index (χ4v) is 1.48. The van der Waals surface area contributed by atoms with E-state index in [0.717, 1.165) is 6.07 Å². The first kappa shape index (κ1) is 12.3. The van der Waals surface area contributed by atoms with Crippen molar-refractivity contribution in [1.29, 1.82) is 0 Å². The Morgan fingerprint density at radius 1 is 1.56 bits per heavy atom. The smallest absolute Gasteiger partial charge is 0.246 e. The van der Waals surface area contributed by atoms with Crippen LogP contribution in [0.2, 0.25) is 5.02 Å². The number of nitrogens with two attached hydrogens (primary N) is 1. The van der Waals surface area contributed by atoms with E-state index in [0.29, 0.717) is 0 Å². The molecule has 1 amide bonds. The van der Waals surface area contributed by atoms with Gasteiger partial charge < -0.3 is 11.1 Å². The van der Waals surface area contributed by atoms with E-state index in [1.807, 2.05) is 0 Å². The summed E-state index contributed by atoms with van der Waals surface area (Å²) in [5, 5.41) is 6.47. The normalized spacial score (nSPS) is 10.3. The maximum Gasteiger partial charge on any atom is 0.246 e. The van der Waals surface area contributed by atoms with E-state index in [1.165, 1.54) is 23.1 Å². The lowest BCUT2D eigenvalue weighted by Gasteiger charge is -2.06. The van der Waals surface area contributed by atoms with Gasteiger partial charge in [-0.05, 0) is 18.2 Å². The number of halogens is 2. The Balaban J connectivity index is 2.05. The van der Waals surface area contributed by atoms with Crippen LogP contribution in [0.3, 0.4) is 0 Å². The van der Waals surface area contributed by atoms with Gasteiger partial charge in [0.1, 0.15) is 18.7 Å². The van der Waals surface area contributed by atoms with Gasteiger partial charge in [-0.1, -0.05) is 11.6 Å². The number of amides is 1. The number of hydrogen-bond acceptors (Lipinski definition) is 4. The lowest BCUT2D eigenvalue weighted by atomic mass is 10.3. The van der Waals surface area contributed by atoms with Crippen LogP contribution in [0.1, 0.15) is 0 Å². The highest BCUT2D eigenvalue weighted by Crippen LogP contribution is 2.22. The van der Waals surface area contributed by atoms with Gasteiger partial charge in [0, 0.05) is 0 Å². The molecule has 0 bridgehead atoms. The summed E-state index contributed by atoms with van der Waals surface area (Å²) < 4.78 is 14.2. The monoisotopic (exact) mass is 269 g/mol. The summed E-state index contributed by atoms with van der Waals surface area (Å²) in [4.78, 5) is 15.3. The first-order valence-electron chi connectivity index (χ1n) is 4.94. The molecule has 0 radical (unpaired) electrons. The van der Waals surface area contributed by atoms with Crippen LogP contribution in [0, 0.1) is 5.82 Å². The molecule has 18 heavy (non-hydrogen) atoms. The summed E-state index contributed by atoms with van der Waals surface area (Å²) in [7, 11) is 0. The van der Waals surface area contributed by atoms with Crippen molar-refractivity contribution < 1.29 is 9.18 Å². The van der Waals surface area contributed by atoms with Crippen LogP contribution in [0.15, 0.2) is 24.5 Å². The molecule has 0 atom stereocenters. The molecule has 0 saturated carbocycles. The van der Waals surface area contributed by atoms with Crippen molar-refractivity contribution in [2.45, 2.75) is 6.54 Å². The lowest BCUT2D eigenvalue weighted by Crippen LogP contribution is -2.19. The number of benzene rings is 1. The third-order valence-electron chi connectivity index (χ3n) is 2.06. The minimum Gasteiger partial charge on any atom is -0.367 e. The van der Waals surface area contributed by atoms with Gasteiger partial charge in [0.15, 0.2) is 0 Å². The topological polar surface area (TPSA) is 85.8 Å². The molecule has 1 heterocycles. The molecule has 0 aliphatic rings. The van der Waals surface area contributed by atoms with Crippen molar-refractivity contribution in [3.05, 3.63) is 35.4 Å². The van der Waals surface area contributed by atoms with E-state index in [1.54, 1.807) is 0 Å². The summed E-state index contributed by atoms with van der Waals surface area (Å²) in [5.41, 5.74) is 5.51. The highest BCUT2D eigenvalue weighted by molar-refractivity contribution is 6.33. The number of carbonyl (C=O) groups is 1. The minimum atomic E-state index is -0.486. The Kier molecular flexibility index (Phi) is 3.42. The van der Waals surface area contributed by atoms with Crippen molar-refractivity contribution in [2.75, 3.05) is 11.1 Å². The standard InChI is InChI=1S/C10H9ClFN5O/c11-7-2-1-6(12)3-8(7)15-9(18)4-17-5-14-10(13)16-17/h1-3,5H,4H2,(H2,13,16)(H,15,18). The zero-order valence-corrected chi connectivity index (χ0v) is 9.86. The number of rotatable bonds is 3. The molecule has 0 aliphatic heterocycles. The Bertz CT molecular complexity index is 585. The van der Waals surface area contributed by atoms with Crippen molar-refractivity contribution in [1.82, 2.24) is 14.8 Å². The van der Waals surface area contributed by atoms with Gasteiger partial charge in [0.2, 0.25) is 11.9 Å². The van der Waals surface area contributed by atoms with Gasteiger partial charge in [-0.25, -0.2) is 14.1 Å². The van der Waals surface area contributed by atoms with Crippen LogP contribution in [0.5, 0.6) is 0 Å². The number of nitrogen functional groups attached to an aromatic ring is 1. The molecular weight excluding hydrogens is 261 g/mol. The summed E-state index contributed by atoms with van der Waals surface area (Å²) >= 11 is 5.81. The molecule has 2 rings (SSSR count). The van der Waals surface area contributed by atoms with Gasteiger partial charge in [-0.2, -0.15) is 0 Å². The van der Waals surface area contributed by atoms with Crippen LogP contribution in [-0.4, -0.2) is 20.7 Å². The van der Waals surface area contributed by atoms with Crippen LogP contribution < -0.4 is 11.1 Å². The molecule has 1 aromatic heterocycles. The molecule has 6 nitrogen and oxygen atoms in total. The summed E-state index contributed by atoms with van der Waals surface area (Å²) in [5.74, 6) is -0.821. The Morgan fingerprint density at radius 2 is 2.33 bits per heavy atom. The van der Waals surface area contributed by atoms with E-state index >= 15 is 0 Å². The second-order valence-corrected chi connectivity index (χ2v) is 3.88. The lowest BCUT2D eigenvalue weighted by molar-refractivity contribution is -0.116. The summed E-state index contributed by atoms with van der Waals surface area (Å²) in [6, 6.07) is 3.70. The largest absolute Gasteiger partial charge is 0.367 e. The highest BCUT2D eigenvalue weighted by atomic mass is 35.5. The van der Waals surface area contributed by atoms with Gasteiger partial charge in [0.05, 0.1) is 10.7 Å². The van der Waals surface area contributed by atoms with E-state index in [4.69, 9.17) is 17.3 Å². The maximum atomic E-state index is 13.0.